The first-order valence-corrected chi connectivity index (χ1v) is 11.6. The first-order valence-electron chi connectivity index (χ1n) is 8.50. The second kappa shape index (κ2) is 12.0. The van der Waals surface area contributed by atoms with Crippen LogP contribution in [0.1, 0.15) is 11.1 Å². The van der Waals surface area contributed by atoms with Crippen molar-refractivity contribution in [3.63, 3.8) is 0 Å². The van der Waals surface area contributed by atoms with Crippen LogP contribution in [0.4, 0.5) is 21.0 Å². The van der Waals surface area contributed by atoms with Crippen molar-refractivity contribution in [2.24, 2.45) is 0 Å². The van der Waals surface area contributed by atoms with Gasteiger partial charge in [0.1, 0.15) is 0 Å². The van der Waals surface area contributed by atoms with E-state index in [2.05, 4.69) is 66.4 Å². The smallest absolute Gasteiger partial charge is 0.319 e. The van der Waals surface area contributed by atoms with Gasteiger partial charge in [-0.05, 0) is 41.8 Å². The number of anilines is 2. The van der Waals surface area contributed by atoms with Crippen LogP contribution >= 0.6 is 45.2 Å². The quantitative estimate of drug-likeness (QED) is 0.271. The Kier molecular flexibility index (Phi) is 9.67. The van der Waals surface area contributed by atoms with Gasteiger partial charge < -0.3 is 21.3 Å². The number of halogens is 2. The largest absolute Gasteiger partial charge is 0.337 e. The van der Waals surface area contributed by atoms with E-state index in [4.69, 9.17) is 0 Å². The lowest BCUT2D eigenvalue weighted by Crippen LogP contribution is -2.30. The molecule has 0 unspecified atom stereocenters. The lowest BCUT2D eigenvalue weighted by molar-refractivity contribution is 0.252. The Morgan fingerprint density at radius 2 is 1.19 bits per heavy atom. The fraction of sp³-hybridized carbons (Fsp3) is 0.263. The molecule has 2 rings (SSSR count). The van der Waals surface area contributed by atoms with Crippen molar-refractivity contribution in [2.45, 2.75) is 6.42 Å². The van der Waals surface area contributed by atoms with Crippen LogP contribution in [0.15, 0.2) is 48.5 Å². The van der Waals surface area contributed by atoms with Crippen LogP contribution in [0, 0.1) is 0 Å². The molecule has 4 amide bonds. The van der Waals surface area contributed by atoms with Gasteiger partial charge in [-0.3, -0.25) is 0 Å². The molecule has 0 radical (unpaired) electrons. The van der Waals surface area contributed by atoms with E-state index in [0.717, 1.165) is 31.4 Å². The van der Waals surface area contributed by atoms with Crippen molar-refractivity contribution in [2.75, 3.05) is 32.6 Å². The van der Waals surface area contributed by atoms with Gasteiger partial charge in [0.25, 0.3) is 0 Å². The van der Waals surface area contributed by atoms with Gasteiger partial charge in [-0.2, -0.15) is 0 Å². The standard InChI is InChI=1S/C19H22I2N4O2/c20-7-9-22-18(26)24-16-5-1-3-14(12-16)11-15-4-2-6-17(13-15)25-19(27)23-10-8-21/h1-6,12-13H,7-11H2,(H2,22,24,26)(H2,23,25,27). The van der Waals surface area contributed by atoms with Crippen molar-refractivity contribution in [3.8, 4) is 0 Å². The van der Waals surface area contributed by atoms with Crippen molar-refractivity contribution in [1.29, 1.82) is 0 Å². The number of hydrogen-bond acceptors (Lipinski definition) is 2. The topological polar surface area (TPSA) is 82.3 Å². The van der Waals surface area contributed by atoms with E-state index in [9.17, 15) is 9.59 Å². The Bertz CT molecular complexity index is 707. The molecule has 0 aliphatic carbocycles. The number of rotatable bonds is 8. The molecule has 0 fully saturated rings. The summed E-state index contributed by atoms with van der Waals surface area (Å²) in [5, 5.41) is 11.3. The number of carbonyl (C=O) groups is 2. The molecule has 4 N–H and O–H groups in total. The molecule has 0 saturated heterocycles. The zero-order valence-corrected chi connectivity index (χ0v) is 19.0. The molecule has 0 saturated carbocycles. The lowest BCUT2D eigenvalue weighted by Gasteiger charge is -2.10. The summed E-state index contributed by atoms with van der Waals surface area (Å²) >= 11 is 4.43. The Labute approximate surface area is 186 Å². The van der Waals surface area contributed by atoms with E-state index >= 15 is 0 Å². The fourth-order valence-corrected chi connectivity index (χ4v) is 2.97. The second-order valence-corrected chi connectivity index (χ2v) is 7.87. The van der Waals surface area contributed by atoms with E-state index in [1.807, 2.05) is 48.5 Å². The highest BCUT2D eigenvalue weighted by Gasteiger charge is 2.05. The van der Waals surface area contributed by atoms with Crippen LogP contribution in [0.5, 0.6) is 0 Å². The zero-order chi connectivity index (χ0) is 19.5. The minimum atomic E-state index is -0.201. The predicted molar refractivity (Wildman–Crippen MR) is 128 cm³/mol. The zero-order valence-electron chi connectivity index (χ0n) is 14.7. The van der Waals surface area contributed by atoms with Gasteiger partial charge in [0.2, 0.25) is 0 Å². The Hall–Kier alpha value is -1.56. The highest BCUT2D eigenvalue weighted by atomic mass is 127. The summed E-state index contributed by atoms with van der Waals surface area (Å²) in [6.07, 6.45) is 0.704. The molecule has 0 bridgehead atoms. The Balaban J connectivity index is 1.98. The normalized spacial score (nSPS) is 10.1. The van der Waals surface area contributed by atoms with Crippen molar-refractivity contribution >= 4 is 68.6 Å². The van der Waals surface area contributed by atoms with Gasteiger partial charge in [-0.25, -0.2) is 9.59 Å². The lowest BCUT2D eigenvalue weighted by atomic mass is 10.0. The summed E-state index contributed by atoms with van der Waals surface area (Å²) in [5.74, 6) is 0. The number of carbonyl (C=O) groups excluding carboxylic acids is 2. The third-order valence-corrected chi connectivity index (χ3v) is 4.62. The van der Waals surface area contributed by atoms with Crippen LogP contribution in [0.25, 0.3) is 0 Å². The van der Waals surface area contributed by atoms with E-state index in [1.54, 1.807) is 0 Å². The molecule has 6 nitrogen and oxygen atoms in total. The molecule has 2 aromatic rings. The summed E-state index contributed by atoms with van der Waals surface area (Å²) in [4.78, 5) is 23.6. The van der Waals surface area contributed by atoms with E-state index in [1.165, 1.54) is 0 Å². The number of benzene rings is 2. The molecule has 0 aromatic heterocycles. The molecular formula is C19H22I2N4O2. The van der Waals surface area contributed by atoms with Crippen LogP contribution in [-0.4, -0.2) is 34.0 Å². The van der Waals surface area contributed by atoms with Gasteiger partial charge >= 0.3 is 12.1 Å². The van der Waals surface area contributed by atoms with Crippen molar-refractivity contribution in [3.05, 3.63) is 59.7 Å². The number of urea groups is 2. The molecule has 144 valence electrons. The van der Waals surface area contributed by atoms with Gasteiger partial charge in [-0.15, -0.1) is 0 Å². The summed E-state index contributed by atoms with van der Waals surface area (Å²) in [5.41, 5.74) is 3.67. The Morgan fingerprint density at radius 3 is 1.59 bits per heavy atom. The molecule has 0 atom stereocenters. The SMILES string of the molecule is O=C(NCCI)Nc1cccc(Cc2cccc(NC(=O)NCCI)c2)c1. The molecular weight excluding hydrogens is 570 g/mol. The van der Waals surface area contributed by atoms with Gasteiger partial charge in [0, 0.05) is 33.3 Å². The summed E-state index contributed by atoms with van der Waals surface area (Å²) < 4.78 is 1.73. The maximum atomic E-state index is 11.8. The van der Waals surface area contributed by atoms with Crippen LogP contribution in [-0.2, 0) is 6.42 Å². The number of alkyl halides is 2. The van der Waals surface area contributed by atoms with E-state index < -0.39 is 0 Å². The molecule has 27 heavy (non-hydrogen) atoms. The predicted octanol–water partition coefficient (Wildman–Crippen LogP) is 4.39. The minimum absolute atomic E-state index is 0.201. The molecule has 0 aliphatic heterocycles. The molecule has 0 spiro atoms. The fourth-order valence-electron chi connectivity index (χ4n) is 2.43. The summed E-state index contributed by atoms with van der Waals surface area (Å²) in [6.45, 7) is 1.27. The maximum absolute atomic E-state index is 11.8. The molecule has 0 heterocycles. The first-order chi connectivity index (χ1) is 13.1. The van der Waals surface area contributed by atoms with Gasteiger partial charge in [0.05, 0.1) is 0 Å². The summed E-state index contributed by atoms with van der Waals surface area (Å²) in [7, 11) is 0. The van der Waals surface area contributed by atoms with Crippen molar-refractivity contribution in [1.82, 2.24) is 10.6 Å². The second-order valence-electron chi connectivity index (χ2n) is 5.72. The van der Waals surface area contributed by atoms with E-state index in [0.29, 0.717) is 19.5 Å². The molecule has 8 heteroatoms. The van der Waals surface area contributed by atoms with E-state index in [-0.39, 0.29) is 12.1 Å². The van der Waals surface area contributed by atoms with Crippen molar-refractivity contribution < 1.29 is 9.59 Å². The monoisotopic (exact) mass is 592 g/mol. The third kappa shape index (κ3) is 8.33. The third-order valence-electron chi connectivity index (χ3n) is 3.54. The Morgan fingerprint density at radius 1 is 0.741 bits per heavy atom. The highest BCUT2D eigenvalue weighted by molar-refractivity contribution is 14.1. The first kappa shape index (κ1) is 21.7. The highest BCUT2D eigenvalue weighted by Crippen LogP contribution is 2.17. The average molecular weight is 592 g/mol. The molecule has 0 aliphatic rings. The van der Waals surface area contributed by atoms with Crippen LogP contribution in [0.2, 0.25) is 0 Å². The minimum Gasteiger partial charge on any atom is -0.337 e. The van der Waals surface area contributed by atoms with Crippen LogP contribution in [0.3, 0.4) is 0 Å². The number of hydrogen-bond donors (Lipinski definition) is 4. The maximum Gasteiger partial charge on any atom is 0.319 e. The number of nitrogens with one attached hydrogen (secondary N) is 4. The molecule has 2 aromatic carbocycles. The van der Waals surface area contributed by atoms with Gasteiger partial charge in [-0.1, -0.05) is 69.4 Å². The summed E-state index contributed by atoms with van der Waals surface area (Å²) in [6, 6.07) is 15.1. The average Bonchev–Trinajstić information content (AvgIpc) is 2.65. The van der Waals surface area contributed by atoms with Crippen LogP contribution < -0.4 is 21.3 Å². The van der Waals surface area contributed by atoms with Gasteiger partial charge in [0.15, 0.2) is 0 Å². The number of amides is 4.